The molecule has 0 spiro atoms. The van der Waals surface area contributed by atoms with Crippen LogP contribution in [-0.2, 0) is 6.42 Å². The van der Waals surface area contributed by atoms with Gasteiger partial charge in [0.2, 0.25) is 0 Å². The van der Waals surface area contributed by atoms with Gasteiger partial charge in [0.1, 0.15) is 5.75 Å². The van der Waals surface area contributed by atoms with Crippen LogP contribution in [0, 0.1) is 5.92 Å². The molecule has 1 heterocycles. The van der Waals surface area contributed by atoms with Crippen LogP contribution >= 0.6 is 11.6 Å². The maximum absolute atomic E-state index is 6.18. The van der Waals surface area contributed by atoms with E-state index in [1.54, 1.807) is 7.11 Å². The molecule has 1 fully saturated rings. The molecule has 3 heteroatoms. The summed E-state index contributed by atoms with van der Waals surface area (Å²) < 4.78 is 5.17. The van der Waals surface area contributed by atoms with Crippen molar-refractivity contribution in [2.24, 2.45) is 5.92 Å². The van der Waals surface area contributed by atoms with Gasteiger partial charge in [0, 0.05) is 11.9 Å². The Bertz CT molecular complexity index is 369. The summed E-state index contributed by atoms with van der Waals surface area (Å²) in [6.45, 7) is 5.66. The molecule has 0 N–H and O–H groups in total. The summed E-state index contributed by atoms with van der Waals surface area (Å²) in [5.74, 6) is 1.64. The van der Waals surface area contributed by atoms with Gasteiger partial charge in [0.05, 0.1) is 7.11 Å². The molecule has 1 aromatic carbocycles. The van der Waals surface area contributed by atoms with Gasteiger partial charge in [-0.1, -0.05) is 12.1 Å². The van der Waals surface area contributed by atoms with Crippen molar-refractivity contribution in [2.75, 3.05) is 26.7 Å². The first kappa shape index (κ1) is 14.7. The zero-order valence-corrected chi connectivity index (χ0v) is 12.7. The molecule has 1 unspecified atom stereocenters. The van der Waals surface area contributed by atoms with Crippen LogP contribution in [0.3, 0.4) is 0 Å². The minimum absolute atomic E-state index is 0.323. The van der Waals surface area contributed by atoms with Crippen LogP contribution in [0.2, 0.25) is 0 Å². The van der Waals surface area contributed by atoms with Gasteiger partial charge >= 0.3 is 0 Å². The number of methoxy groups -OCH3 is 1. The molecular formula is C16H24ClNO. The maximum atomic E-state index is 6.18. The van der Waals surface area contributed by atoms with Crippen LogP contribution in [0.1, 0.15) is 25.3 Å². The van der Waals surface area contributed by atoms with Gasteiger partial charge < -0.3 is 9.64 Å². The predicted octanol–water partition coefficient (Wildman–Crippen LogP) is 3.58. The minimum Gasteiger partial charge on any atom is -0.497 e. The summed E-state index contributed by atoms with van der Waals surface area (Å²) in [7, 11) is 1.71. The fourth-order valence-electron chi connectivity index (χ4n) is 2.72. The number of rotatable bonds is 5. The predicted molar refractivity (Wildman–Crippen MR) is 81.2 cm³/mol. The molecule has 1 aliphatic rings. The highest BCUT2D eigenvalue weighted by molar-refractivity contribution is 6.20. The standard InChI is InChI=1S/C16H24ClNO/c1-13(17)15-8-11-18(12-9-15)10-7-14-3-5-16(19-2)6-4-14/h3-6,13,15H,7-12H2,1-2H3. The van der Waals surface area contributed by atoms with Crippen molar-refractivity contribution in [1.82, 2.24) is 4.90 Å². The highest BCUT2D eigenvalue weighted by Gasteiger charge is 2.22. The lowest BCUT2D eigenvalue weighted by atomic mass is 9.94. The minimum atomic E-state index is 0.323. The first-order valence-electron chi connectivity index (χ1n) is 7.18. The number of halogens is 1. The van der Waals surface area contributed by atoms with E-state index in [1.165, 1.54) is 31.5 Å². The zero-order chi connectivity index (χ0) is 13.7. The van der Waals surface area contributed by atoms with Crippen molar-refractivity contribution in [2.45, 2.75) is 31.6 Å². The number of piperidine rings is 1. The van der Waals surface area contributed by atoms with E-state index >= 15 is 0 Å². The number of hydrogen-bond donors (Lipinski definition) is 0. The second kappa shape index (κ2) is 7.16. The zero-order valence-electron chi connectivity index (χ0n) is 11.9. The van der Waals surface area contributed by atoms with Crippen molar-refractivity contribution in [3.63, 3.8) is 0 Å². The number of likely N-dealkylation sites (tertiary alicyclic amines) is 1. The van der Waals surface area contributed by atoms with Gasteiger partial charge in [0.15, 0.2) is 0 Å². The van der Waals surface area contributed by atoms with Gasteiger partial charge in [-0.05, 0) is 62.9 Å². The van der Waals surface area contributed by atoms with Crippen LogP contribution in [-0.4, -0.2) is 37.0 Å². The number of benzene rings is 1. The van der Waals surface area contributed by atoms with E-state index in [2.05, 4.69) is 24.0 Å². The van der Waals surface area contributed by atoms with E-state index < -0.39 is 0 Å². The Balaban J connectivity index is 1.74. The first-order chi connectivity index (χ1) is 9.19. The first-order valence-corrected chi connectivity index (χ1v) is 7.62. The Labute approximate surface area is 121 Å². The van der Waals surface area contributed by atoms with Gasteiger partial charge in [-0.3, -0.25) is 0 Å². The van der Waals surface area contributed by atoms with E-state index in [9.17, 15) is 0 Å². The smallest absolute Gasteiger partial charge is 0.118 e. The third-order valence-corrected chi connectivity index (χ3v) is 4.51. The summed E-state index contributed by atoms with van der Waals surface area (Å²) in [4.78, 5) is 2.56. The van der Waals surface area contributed by atoms with Gasteiger partial charge in [0.25, 0.3) is 0 Å². The quantitative estimate of drug-likeness (QED) is 0.765. The van der Waals surface area contributed by atoms with E-state index in [4.69, 9.17) is 16.3 Å². The normalized spacial score (nSPS) is 19.3. The highest BCUT2D eigenvalue weighted by atomic mass is 35.5. The largest absolute Gasteiger partial charge is 0.497 e. The molecule has 1 aromatic rings. The molecular weight excluding hydrogens is 258 g/mol. The van der Waals surface area contributed by atoms with E-state index in [1.807, 2.05) is 12.1 Å². The lowest BCUT2D eigenvalue weighted by Gasteiger charge is -2.33. The lowest BCUT2D eigenvalue weighted by Crippen LogP contribution is -2.37. The van der Waals surface area contributed by atoms with E-state index in [-0.39, 0.29) is 0 Å². The summed E-state index contributed by atoms with van der Waals surface area (Å²) in [5, 5.41) is 0.323. The molecule has 106 valence electrons. The fourth-order valence-corrected chi connectivity index (χ4v) is 2.97. The van der Waals surface area contributed by atoms with Crippen molar-refractivity contribution in [3.05, 3.63) is 29.8 Å². The number of alkyl halides is 1. The van der Waals surface area contributed by atoms with Crippen LogP contribution in [0.15, 0.2) is 24.3 Å². The monoisotopic (exact) mass is 281 g/mol. The summed E-state index contributed by atoms with van der Waals surface area (Å²) in [6, 6.07) is 8.40. The van der Waals surface area contributed by atoms with Crippen LogP contribution < -0.4 is 4.74 Å². The van der Waals surface area contributed by atoms with Gasteiger partial charge in [-0.2, -0.15) is 0 Å². The summed E-state index contributed by atoms with van der Waals surface area (Å²) >= 11 is 6.18. The molecule has 1 atom stereocenters. The van der Waals surface area contributed by atoms with Crippen molar-refractivity contribution < 1.29 is 4.74 Å². The third kappa shape index (κ3) is 4.39. The van der Waals surface area contributed by atoms with Crippen molar-refractivity contribution >= 4 is 11.6 Å². The fraction of sp³-hybridized carbons (Fsp3) is 0.625. The Morgan fingerprint density at radius 3 is 2.42 bits per heavy atom. The van der Waals surface area contributed by atoms with E-state index in [0.29, 0.717) is 11.3 Å². The third-order valence-electron chi connectivity index (χ3n) is 4.16. The van der Waals surface area contributed by atoms with Gasteiger partial charge in [-0.25, -0.2) is 0 Å². The number of ether oxygens (including phenoxy) is 1. The molecule has 0 amide bonds. The molecule has 1 saturated heterocycles. The average molecular weight is 282 g/mol. The molecule has 2 rings (SSSR count). The molecule has 0 saturated carbocycles. The maximum Gasteiger partial charge on any atom is 0.118 e. The van der Waals surface area contributed by atoms with Crippen LogP contribution in [0.4, 0.5) is 0 Å². The number of nitrogens with zero attached hydrogens (tertiary/aromatic N) is 1. The second-order valence-electron chi connectivity index (χ2n) is 5.45. The molecule has 19 heavy (non-hydrogen) atoms. The highest BCUT2D eigenvalue weighted by Crippen LogP contribution is 2.24. The lowest BCUT2D eigenvalue weighted by molar-refractivity contribution is 0.185. The average Bonchev–Trinajstić information content (AvgIpc) is 2.46. The topological polar surface area (TPSA) is 12.5 Å². The molecule has 0 aromatic heterocycles. The second-order valence-corrected chi connectivity index (χ2v) is 6.14. The summed E-state index contributed by atoms with van der Waals surface area (Å²) in [6.07, 6.45) is 3.60. The van der Waals surface area contributed by atoms with Gasteiger partial charge in [-0.15, -0.1) is 11.6 Å². The molecule has 0 radical (unpaired) electrons. The molecule has 0 aliphatic carbocycles. The van der Waals surface area contributed by atoms with Crippen LogP contribution in [0.5, 0.6) is 5.75 Å². The molecule has 0 bridgehead atoms. The Morgan fingerprint density at radius 1 is 1.26 bits per heavy atom. The molecule has 1 aliphatic heterocycles. The molecule has 2 nitrogen and oxygen atoms in total. The van der Waals surface area contributed by atoms with Crippen molar-refractivity contribution in [3.8, 4) is 5.75 Å². The summed E-state index contributed by atoms with van der Waals surface area (Å²) in [5.41, 5.74) is 1.38. The Morgan fingerprint density at radius 2 is 1.89 bits per heavy atom. The van der Waals surface area contributed by atoms with E-state index in [0.717, 1.165) is 18.7 Å². The number of hydrogen-bond acceptors (Lipinski definition) is 2. The van der Waals surface area contributed by atoms with Crippen molar-refractivity contribution in [1.29, 1.82) is 0 Å². The SMILES string of the molecule is COc1ccc(CCN2CCC(C(C)Cl)CC2)cc1. The van der Waals surface area contributed by atoms with Crippen LogP contribution in [0.25, 0.3) is 0 Å². The Kier molecular flexibility index (Phi) is 5.53. The Hall–Kier alpha value is -0.730.